The molecule has 304 valence electrons. The lowest BCUT2D eigenvalue weighted by Crippen LogP contribution is -2.34. The van der Waals surface area contributed by atoms with E-state index in [1.165, 1.54) is 11.8 Å². The second-order valence-electron chi connectivity index (χ2n) is 16.0. The molecule has 4 fully saturated rings. The lowest BCUT2D eigenvalue weighted by molar-refractivity contribution is -0.137. The van der Waals surface area contributed by atoms with Gasteiger partial charge in [-0.25, -0.2) is 16.8 Å². The Balaban J connectivity index is 0.000000161. The summed E-state index contributed by atoms with van der Waals surface area (Å²) in [7, 11) is -6.49. The molecule has 2 saturated carbocycles. The molecule has 2 aliphatic heterocycles. The van der Waals surface area contributed by atoms with Crippen molar-refractivity contribution >= 4 is 43.3 Å². The Bertz CT molecular complexity index is 2250. The average Bonchev–Trinajstić information content (AvgIpc) is 3.62. The van der Waals surface area contributed by atoms with Crippen LogP contribution in [-0.2, 0) is 53.3 Å². The molecule has 8 rings (SSSR count). The van der Waals surface area contributed by atoms with E-state index >= 15 is 0 Å². The minimum absolute atomic E-state index is 0.0110. The predicted molar refractivity (Wildman–Crippen MR) is 221 cm³/mol. The van der Waals surface area contributed by atoms with Gasteiger partial charge in [-0.05, 0) is 120 Å². The highest BCUT2D eigenvalue weighted by Crippen LogP contribution is 2.63. The summed E-state index contributed by atoms with van der Waals surface area (Å²) in [6, 6.07) is 23.0. The molecule has 1 amide bonds. The number of carboxylic acids is 1. The zero-order chi connectivity index (χ0) is 41.0. The minimum Gasteiger partial charge on any atom is -0.481 e. The number of nitrogens with zero attached hydrogens (tertiary/aromatic N) is 3. The fourth-order valence-corrected chi connectivity index (χ4v) is 9.88. The third-order valence-corrected chi connectivity index (χ3v) is 13.3. The molecule has 15 heteroatoms. The van der Waals surface area contributed by atoms with Gasteiger partial charge in [0, 0.05) is 72.9 Å². The van der Waals surface area contributed by atoms with Crippen LogP contribution in [0.15, 0.2) is 97.6 Å². The largest absolute Gasteiger partial charge is 0.481 e. The van der Waals surface area contributed by atoms with E-state index in [1.54, 1.807) is 36.9 Å². The van der Waals surface area contributed by atoms with Gasteiger partial charge < -0.3 is 15.3 Å². The van der Waals surface area contributed by atoms with Gasteiger partial charge in [0.05, 0.1) is 12.5 Å². The number of rotatable bonds is 12. The molecule has 13 nitrogen and oxygen atoms in total. The van der Waals surface area contributed by atoms with Gasteiger partial charge in [-0.3, -0.25) is 29.0 Å². The van der Waals surface area contributed by atoms with Crippen LogP contribution < -0.4 is 14.8 Å². The normalized spacial score (nSPS) is 25.4. The van der Waals surface area contributed by atoms with Crippen LogP contribution in [0.1, 0.15) is 48.9 Å². The molecule has 2 saturated heterocycles. The van der Waals surface area contributed by atoms with Crippen molar-refractivity contribution in [1.29, 1.82) is 0 Å². The van der Waals surface area contributed by atoms with Crippen molar-refractivity contribution in [3.63, 3.8) is 0 Å². The number of aliphatic carboxylic acids is 1. The van der Waals surface area contributed by atoms with Crippen LogP contribution in [0.5, 0.6) is 0 Å². The number of nitrogens with one attached hydrogen (secondary N) is 3. The first kappa shape index (κ1) is 41.8. The smallest absolute Gasteiger partial charge is 0.303 e. The highest BCUT2D eigenvalue weighted by atomic mass is 32.2. The van der Waals surface area contributed by atoms with Crippen molar-refractivity contribution < 1.29 is 31.5 Å². The Morgan fingerprint density at radius 1 is 0.702 bits per heavy atom. The molecule has 0 bridgehead atoms. The zero-order valence-corrected chi connectivity index (χ0v) is 34.4. The van der Waals surface area contributed by atoms with E-state index in [0.29, 0.717) is 47.9 Å². The highest BCUT2D eigenvalue weighted by Gasteiger charge is 2.66. The summed E-state index contributed by atoms with van der Waals surface area (Å²) in [4.78, 5) is 32.5. The maximum atomic E-state index is 12.6. The summed E-state index contributed by atoms with van der Waals surface area (Å²) in [5, 5.41) is 11.7. The fourth-order valence-electron chi connectivity index (χ4n) is 8.77. The van der Waals surface area contributed by atoms with Crippen LogP contribution in [0.2, 0.25) is 0 Å². The standard InChI is InChI=1S/C21H25N3O3S.C13H18N2O2S.C8H9NO2/c1-21(16-4-3-5-17(12-16)23-28(2,26)27)18-13-24(14-19(18)21)20(25)7-6-15-8-10-22-11-9-15;1-13(11-7-14-8-12(11)13)9-4-3-5-10(6-9)15-18(2,16)17;10-8(11)2-1-7-3-5-9-6-4-7/h3-5,8-12,18-19,23H,6-7,13-14H2,1-2H3;3-6,11-12,14-15H,7-8H2,1-2H3;3-6H,1-2H2,(H,10,11). The molecule has 2 aliphatic carbocycles. The van der Waals surface area contributed by atoms with Gasteiger partial charge in [0.1, 0.15) is 0 Å². The Morgan fingerprint density at radius 2 is 1.12 bits per heavy atom. The third-order valence-electron chi connectivity index (χ3n) is 12.1. The number of anilines is 2. The van der Waals surface area contributed by atoms with E-state index in [4.69, 9.17) is 5.11 Å². The number of aromatic nitrogens is 2. The molecule has 57 heavy (non-hydrogen) atoms. The monoisotopic (exact) mass is 816 g/mol. The molecular weight excluding hydrogens is 765 g/mol. The van der Waals surface area contributed by atoms with Crippen molar-refractivity contribution in [3.8, 4) is 0 Å². The number of sulfonamides is 2. The second-order valence-corrected chi connectivity index (χ2v) is 19.5. The first-order valence-corrected chi connectivity index (χ1v) is 22.9. The van der Waals surface area contributed by atoms with Crippen molar-refractivity contribution in [3.05, 3.63) is 120 Å². The Kier molecular flexibility index (Phi) is 12.4. The van der Waals surface area contributed by atoms with E-state index in [1.807, 2.05) is 53.4 Å². The molecule has 4 heterocycles. The van der Waals surface area contributed by atoms with Gasteiger partial charge in [0.15, 0.2) is 0 Å². The average molecular weight is 817 g/mol. The number of fused-ring (bicyclic) bond motifs is 2. The zero-order valence-electron chi connectivity index (χ0n) is 32.8. The number of amides is 1. The maximum Gasteiger partial charge on any atom is 0.303 e. The van der Waals surface area contributed by atoms with Crippen molar-refractivity contribution in [1.82, 2.24) is 20.2 Å². The van der Waals surface area contributed by atoms with Crippen molar-refractivity contribution in [2.24, 2.45) is 23.7 Å². The first-order chi connectivity index (χ1) is 27.0. The SMILES string of the molecule is CC1(c2cccc(NS(C)(=O)=O)c2)C2CN(C(=O)CCc3ccncc3)CC21.CC1(c2cccc(NS(C)(=O)=O)c2)C2CNCC21.O=C(O)CCc1ccncc1. The number of pyridine rings is 2. The number of benzene rings is 2. The van der Waals surface area contributed by atoms with Crippen molar-refractivity contribution in [2.75, 3.05) is 48.1 Å². The van der Waals surface area contributed by atoms with E-state index in [9.17, 15) is 26.4 Å². The molecule has 4 atom stereocenters. The molecule has 0 spiro atoms. The Hall–Kier alpha value is -4.86. The molecular formula is C42H52N6O7S2. The molecule has 4 aromatic rings. The number of likely N-dealkylation sites (tertiary alicyclic amines) is 1. The van der Waals surface area contributed by atoms with Gasteiger partial charge in [0.2, 0.25) is 26.0 Å². The first-order valence-electron chi connectivity index (χ1n) is 19.1. The van der Waals surface area contributed by atoms with Crippen LogP contribution in [0, 0.1) is 23.7 Å². The summed E-state index contributed by atoms with van der Waals surface area (Å²) in [6.07, 6.45) is 11.2. The number of carbonyl (C=O) groups excluding carboxylic acids is 1. The van der Waals surface area contributed by atoms with E-state index in [-0.39, 0.29) is 23.2 Å². The number of carbonyl (C=O) groups is 2. The second kappa shape index (κ2) is 16.9. The van der Waals surface area contributed by atoms with Gasteiger partial charge in [0.25, 0.3) is 0 Å². The molecule has 4 N–H and O–H groups in total. The van der Waals surface area contributed by atoms with Crippen LogP contribution in [0.4, 0.5) is 11.4 Å². The van der Waals surface area contributed by atoms with Gasteiger partial charge in [-0.2, -0.15) is 0 Å². The Labute approximate surface area is 335 Å². The topological polar surface area (TPSA) is 188 Å². The van der Waals surface area contributed by atoms with Gasteiger partial charge in [-0.1, -0.05) is 38.1 Å². The summed E-state index contributed by atoms with van der Waals surface area (Å²) in [5.74, 6) is 1.72. The molecule has 2 aromatic heterocycles. The van der Waals surface area contributed by atoms with E-state index in [0.717, 1.165) is 55.5 Å². The van der Waals surface area contributed by atoms with Crippen LogP contribution in [-0.4, -0.2) is 87.4 Å². The summed E-state index contributed by atoms with van der Waals surface area (Å²) in [5.41, 5.74) is 6.02. The lowest BCUT2D eigenvalue weighted by atomic mass is 9.92. The molecule has 2 aromatic carbocycles. The third kappa shape index (κ3) is 10.4. The summed E-state index contributed by atoms with van der Waals surface area (Å²) in [6.45, 7) is 8.21. The number of carboxylic acid groups (broad SMARTS) is 1. The lowest BCUT2D eigenvalue weighted by Gasteiger charge is -2.25. The summed E-state index contributed by atoms with van der Waals surface area (Å²) < 4.78 is 50.6. The number of hydrogen-bond donors (Lipinski definition) is 4. The predicted octanol–water partition coefficient (Wildman–Crippen LogP) is 4.70. The molecule has 4 unspecified atom stereocenters. The Morgan fingerprint density at radius 3 is 1.54 bits per heavy atom. The maximum absolute atomic E-state index is 12.6. The number of hydrogen-bond acceptors (Lipinski definition) is 9. The van der Waals surface area contributed by atoms with Gasteiger partial charge >= 0.3 is 5.97 Å². The van der Waals surface area contributed by atoms with Crippen LogP contribution in [0.3, 0.4) is 0 Å². The number of piperidine rings is 2. The molecule has 4 aliphatic rings. The van der Waals surface area contributed by atoms with E-state index in [2.05, 4.69) is 50.7 Å². The number of aryl methyl sites for hydroxylation is 2. The fraction of sp³-hybridized carbons (Fsp3) is 0.429. The molecule has 0 radical (unpaired) electrons. The van der Waals surface area contributed by atoms with Crippen molar-refractivity contribution in [2.45, 2.75) is 50.4 Å². The van der Waals surface area contributed by atoms with E-state index < -0.39 is 26.0 Å². The quantitative estimate of drug-likeness (QED) is 0.156. The minimum atomic E-state index is -3.29. The van der Waals surface area contributed by atoms with Gasteiger partial charge in [-0.15, -0.1) is 0 Å². The highest BCUT2D eigenvalue weighted by molar-refractivity contribution is 7.92. The van der Waals surface area contributed by atoms with Crippen LogP contribution in [0.25, 0.3) is 0 Å². The van der Waals surface area contributed by atoms with Crippen LogP contribution >= 0.6 is 0 Å². The summed E-state index contributed by atoms with van der Waals surface area (Å²) >= 11 is 0.